The van der Waals surface area contributed by atoms with Gasteiger partial charge in [-0.15, -0.1) is 0 Å². The first-order valence-electron chi connectivity index (χ1n) is 10.7. The van der Waals surface area contributed by atoms with Gasteiger partial charge in [-0.25, -0.2) is 13.1 Å². The van der Waals surface area contributed by atoms with Crippen LogP contribution in [0.3, 0.4) is 0 Å². The largest absolute Gasteiger partial charge is 0.496 e. The van der Waals surface area contributed by atoms with Crippen molar-refractivity contribution in [1.29, 1.82) is 0 Å². The Bertz CT molecular complexity index is 1130. The predicted molar refractivity (Wildman–Crippen MR) is 120 cm³/mol. The maximum atomic E-state index is 12.7. The molecule has 32 heavy (non-hydrogen) atoms. The molecule has 1 aliphatic heterocycles. The number of para-hydroxylation sites is 1. The molecule has 9 heteroatoms. The minimum absolute atomic E-state index is 0.0104. The van der Waals surface area contributed by atoms with Crippen LogP contribution in [0.1, 0.15) is 30.4 Å². The van der Waals surface area contributed by atoms with Gasteiger partial charge in [-0.05, 0) is 49.1 Å². The molecule has 0 aromatic heterocycles. The van der Waals surface area contributed by atoms with Gasteiger partial charge in [0.05, 0.1) is 12.0 Å². The smallest absolute Gasteiger partial charge is 0.240 e. The highest BCUT2D eigenvalue weighted by Crippen LogP contribution is 2.37. The SMILES string of the molecule is COc1ccccc1CNC(=O)CCNS(=O)(=O)c1ccc2c(c1)CCN2C(=O)C1CC1. The quantitative estimate of drug-likeness (QED) is 0.599. The number of sulfonamides is 1. The molecule has 0 bridgehead atoms. The van der Waals surface area contributed by atoms with Gasteiger partial charge in [-0.1, -0.05) is 18.2 Å². The van der Waals surface area contributed by atoms with Crippen molar-refractivity contribution in [2.45, 2.75) is 37.1 Å². The van der Waals surface area contributed by atoms with Crippen LogP contribution in [0.4, 0.5) is 5.69 Å². The van der Waals surface area contributed by atoms with Crippen LogP contribution >= 0.6 is 0 Å². The zero-order chi connectivity index (χ0) is 22.7. The van der Waals surface area contributed by atoms with Gasteiger partial charge in [0.25, 0.3) is 0 Å². The summed E-state index contributed by atoms with van der Waals surface area (Å²) < 4.78 is 33.1. The fourth-order valence-corrected chi connectivity index (χ4v) is 4.92. The van der Waals surface area contributed by atoms with Crippen molar-refractivity contribution in [1.82, 2.24) is 10.0 Å². The van der Waals surface area contributed by atoms with E-state index in [0.717, 1.165) is 29.7 Å². The number of anilines is 1. The maximum absolute atomic E-state index is 12.7. The van der Waals surface area contributed by atoms with E-state index in [1.54, 1.807) is 24.1 Å². The minimum atomic E-state index is -3.75. The summed E-state index contributed by atoms with van der Waals surface area (Å²) in [6, 6.07) is 12.2. The van der Waals surface area contributed by atoms with E-state index in [9.17, 15) is 18.0 Å². The van der Waals surface area contributed by atoms with Crippen LogP contribution in [0.15, 0.2) is 47.4 Å². The molecule has 170 valence electrons. The molecule has 0 saturated heterocycles. The van der Waals surface area contributed by atoms with E-state index in [1.807, 2.05) is 24.3 Å². The molecule has 1 heterocycles. The third kappa shape index (κ3) is 4.94. The molecule has 2 aliphatic rings. The number of benzene rings is 2. The molecule has 2 aromatic rings. The van der Waals surface area contributed by atoms with Gasteiger partial charge in [0.2, 0.25) is 21.8 Å². The van der Waals surface area contributed by atoms with Crippen molar-refractivity contribution >= 4 is 27.5 Å². The fourth-order valence-electron chi connectivity index (χ4n) is 3.84. The lowest BCUT2D eigenvalue weighted by Crippen LogP contribution is -2.31. The van der Waals surface area contributed by atoms with Gasteiger partial charge in [-0.2, -0.15) is 0 Å². The monoisotopic (exact) mass is 457 g/mol. The van der Waals surface area contributed by atoms with E-state index in [4.69, 9.17) is 4.74 Å². The number of nitrogens with zero attached hydrogens (tertiary/aromatic N) is 1. The zero-order valence-corrected chi connectivity index (χ0v) is 18.8. The molecule has 8 nitrogen and oxygen atoms in total. The normalized spacial score (nSPS) is 15.3. The van der Waals surface area contributed by atoms with Crippen molar-refractivity contribution in [2.24, 2.45) is 5.92 Å². The third-order valence-corrected chi connectivity index (χ3v) is 7.22. The number of carbonyl (C=O) groups excluding carboxylic acids is 2. The number of hydrogen-bond acceptors (Lipinski definition) is 5. The van der Waals surface area contributed by atoms with E-state index in [0.29, 0.717) is 25.3 Å². The van der Waals surface area contributed by atoms with E-state index in [1.165, 1.54) is 6.07 Å². The third-order valence-electron chi connectivity index (χ3n) is 5.76. The summed E-state index contributed by atoms with van der Waals surface area (Å²) >= 11 is 0. The van der Waals surface area contributed by atoms with Gasteiger partial charge < -0.3 is 15.0 Å². The summed E-state index contributed by atoms with van der Waals surface area (Å²) in [4.78, 5) is 26.4. The Morgan fingerprint density at radius 3 is 2.69 bits per heavy atom. The van der Waals surface area contributed by atoms with Gasteiger partial charge in [0, 0.05) is 43.2 Å². The average Bonchev–Trinajstić information content (AvgIpc) is 3.56. The van der Waals surface area contributed by atoms with E-state index < -0.39 is 10.0 Å². The van der Waals surface area contributed by atoms with E-state index >= 15 is 0 Å². The first-order chi connectivity index (χ1) is 15.4. The lowest BCUT2D eigenvalue weighted by atomic mass is 10.2. The molecule has 2 amide bonds. The van der Waals surface area contributed by atoms with Crippen molar-refractivity contribution < 1.29 is 22.7 Å². The predicted octanol–water partition coefficient (Wildman–Crippen LogP) is 1.98. The zero-order valence-electron chi connectivity index (χ0n) is 18.0. The summed E-state index contributed by atoms with van der Waals surface area (Å²) in [5, 5.41) is 2.77. The number of carbonyl (C=O) groups is 2. The maximum Gasteiger partial charge on any atom is 0.240 e. The molecule has 4 rings (SSSR count). The van der Waals surface area contributed by atoms with Gasteiger partial charge in [-0.3, -0.25) is 9.59 Å². The Kier molecular flexibility index (Phi) is 6.48. The highest BCUT2D eigenvalue weighted by Gasteiger charge is 2.36. The van der Waals surface area contributed by atoms with Crippen LogP contribution in [-0.2, 0) is 32.6 Å². The highest BCUT2D eigenvalue weighted by molar-refractivity contribution is 7.89. The molecule has 2 N–H and O–H groups in total. The number of ether oxygens (including phenoxy) is 1. The van der Waals surface area contributed by atoms with Crippen molar-refractivity contribution in [2.75, 3.05) is 25.1 Å². The Morgan fingerprint density at radius 1 is 1.16 bits per heavy atom. The first kappa shape index (κ1) is 22.3. The Balaban J connectivity index is 1.30. The highest BCUT2D eigenvalue weighted by atomic mass is 32.2. The topological polar surface area (TPSA) is 105 Å². The molecule has 0 unspecified atom stereocenters. The standard InChI is InChI=1S/C23H27N3O5S/c1-31-21-5-3-2-4-18(21)15-24-22(27)10-12-25-32(29,30)19-8-9-20-17(14-19)11-13-26(20)23(28)16-6-7-16/h2-5,8-9,14,16,25H,6-7,10-13,15H2,1H3,(H,24,27). The molecule has 0 spiro atoms. The number of rotatable bonds is 9. The summed E-state index contributed by atoms with van der Waals surface area (Å²) in [6.45, 7) is 0.883. The van der Waals surface area contributed by atoms with Crippen LogP contribution in [-0.4, -0.2) is 40.4 Å². The van der Waals surface area contributed by atoms with E-state index in [2.05, 4.69) is 10.0 Å². The summed E-state index contributed by atoms with van der Waals surface area (Å²) in [7, 11) is -2.18. The van der Waals surface area contributed by atoms with Crippen molar-refractivity contribution in [3.8, 4) is 5.75 Å². The summed E-state index contributed by atoms with van der Waals surface area (Å²) in [6.07, 6.45) is 2.53. The summed E-state index contributed by atoms with van der Waals surface area (Å²) in [5.41, 5.74) is 2.50. The lowest BCUT2D eigenvalue weighted by Gasteiger charge is -2.17. The fraction of sp³-hybridized carbons (Fsp3) is 0.391. The average molecular weight is 458 g/mol. The Labute approximate surface area is 188 Å². The minimum Gasteiger partial charge on any atom is -0.496 e. The van der Waals surface area contributed by atoms with Crippen molar-refractivity contribution in [3.63, 3.8) is 0 Å². The van der Waals surface area contributed by atoms with Crippen LogP contribution in [0, 0.1) is 5.92 Å². The van der Waals surface area contributed by atoms with Crippen LogP contribution in [0.2, 0.25) is 0 Å². The number of hydrogen-bond donors (Lipinski definition) is 2. The van der Waals surface area contributed by atoms with Crippen LogP contribution in [0.25, 0.3) is 0 Å². The second-order valence-electron chi connectivity index (χ2n) is 8.04. The van der Waals surface area contributed by atoms with Crippen LogP contribution in [0.5, 0.6) is 5.75 Å². The Morgan fingerprint density at radius 2 is 1.94 bits per heavy atom. The number of fused-ring (bicyclic) bond motifs is 1. The Hall–Kier alpha value is -2.91. The number of methoxy groups -OCH3 is 1. The molecule has 0 atom stereocenters. The van der Waals surface area contributed by atoms with E-state index in [-0.39, 0.29) is 35.6 Å². The van der Waals surface area contributed by atoms with Crippen molar-refractivity contribution in [3.05, 3.63) is 53.6 Å². The molecular formula is C23H27N3O5S. The molecular weight excluding hydrogens is 430 g/mol. The number of nitrogens with one attached hydrogen (secondary N) is 2. The first-order valence-corrected chi connectivity index (χ1v) is 12.2. The van der Waals surface area contributed by atoms with Crippen LogP contribution < -0.4 is 19.7 Å². The molecule has 2 aromatic carbocycles. The second-order valence-corrected chi connectivity index (χ2v) is 9.81. The van der Waals surface area contributed by atoms with Gasteiger partial charge >= 0.3 is 0 Å². The molecule has 1 fully saturated rings. The summed E-state index contributed by atoms with van der Waals surface area (Å²) in [5.74, 6) is 0.682. The van der Waals surface area contributed by atoms with Gasteiger partial charge in [0.15, 0.2) is 0 Å². The lowest BCUT2D eigenvalue weighted by molar-refractivity contribution is -0.121. The molecule has 1 saturated carbocycles. The molecule has 1 aliphatic carbocycles. The van der Waals surface area contributed by atoms with Gasteiger partial charge in [0.1, 0.15) is 5.75 Å². The second kappa shape index (κ2) is 9.30. The molecule has 0 radical (unpaired) electrons. The number of amides is 2.